The topological polar surface area (TPSA) is 28.7 Å². The Morgan fingerprint density at radius 2 is 2.50 bits per heavy atom. The molecule has 1 N–H and O–H groups in total. The summed E-state index contributed by atoms with van der Waals surface area (Å²) < 4.78 is 0. The monoisotopic (exact) mass is 132 g/mol. The molecule has 10 heavy (non-hydrogen) atoms. The summed E-state index contributed by atoms with van der Waals surface area (Å²) in [6, 6.07) is 1.95. The van der Waals surface area contributed by atoms with Crippen LogP contribution in [0, 0.1) is 12.3 Å². The van der Waals surface area contributed by atoms with E-state index < -0.39 is 0 Å². The maximum atomic E-state index is 5.36. The molecule has 1 fully saturated rings. The van der Waals surface area contributed by atoms with Crippen LogP contribution in [0.15, 0.2) is 12.3 Å². The zero-order chi connectivity index (χ0) is 7.03. The summed E-state index contributed by atoms with van der Waals surface area (Å²) in [5.41, 5.74) is 1.12. The second-order valence-electron chi connectivity index (χ2n) is 2.70. The molecule has 1 aliphatic carbocycles. The van der Waals surface area contributed by atoms with E-state index >= 15 is 0 Å². The van der Waals surface area contributed by atoms with Crippen molar-refractivity contribution in [1.82, 2.24) is 10.2 Å². The maximum Gasteiger partial charge on any atom is 0.0727 e. The van der Waals surface area contributed by atoms with Crippen LogP contribution >= 0.6 is 0 Å². The van der Waals surface area contributed by atoms with Crippen LogP contribution in [0.4, 0.5) is 0 Å². The van der Waals surface area contributed by atoms with E-state index in [4.69, 9.17) is 6.42 Å². The van der Waals surface area contributed by atoms with E-state index in [2.05, 4.69) is 16.1 Å². The minimum Gasteiger partial charge on any atom is -0.281 e. The number of aromatic amines is 1. The van der Waals surface area contributed by atoms with Crippen LogP contribution in [-0.2, 0) is 5.41 Å². The standard InChI is InChI=1S/C8H8N2/c1-2-8(4-5-8)7-3-6-9-10-7/h1,3,6H,4-5H2,(H,9,10). The molecule has 0 aromatic carbocycles. The van der Waals surface area contributed by atoms with Crippen molar-refractivity contribution in [2.45, 2.75) is 18.3 Å². The summed E-state index contributed by atoms with van der Waals surface area (Å²) in [6.45, 7) is 0. The molecule has 2 rings (SSSR count). The highest BCUT2D eigenvalue weighted by atomic mass is 15.1. The van der Waals surface area contributed by atoms with E-state index in [1.54, 1.807) is 6.20 Å². The third kappa shape index (κ3) is 0.577. The smallest absolute Gasteiger partial charge is 0.0727 e. The van der Waals surface area contributed by atoms with E-state index in [1.165, 1.54) is 0 Å². The first-order valence-electron chi connectivity index (χ1n) is 3.35. The predicted molar refractivity (Wildman–Crippen MR) is 38.3 cm³/mol. The summed E-state index contributed by atoms with van der Waals surface area (Å²) in [5.74, 6) is 2.78. The van der Waals surface area contributed by atoms with Crippen molar-refractivity contribution in [1.29, 1.82) is 0 Å². The van der Waals surface area contributed by atoms with E-state index in [-0.39, 0.29) is 5.41 Å². The molecular weight excluding hydrogens is 124 g/mol. The van der Waals surface area contributed by atoms with Gasteiger partial charge in [-0.25, -0.2) is 0 Å². The van der Waals surface area contributed by atoms with E-state index in [9.17, 15) is 0 Å². The second kappa shape index (κ2) is 1.63. The number of aromatic nitrogens is 2. The van der Waals surface area contributed by atoms with E-state index in [1.807, 2.05) is 6.07 Å². The number of nitrogens with one attached hydrogen (secondary N) is 1. The fraction of sp³-hybridized carbons (Fsp3) is 0.375. The Bertz CT molecular complexity index is 262. The van der Waals surface area contributed by atoms with E-state index in [0.29, 0.717) is 0 Å². The Kier molecular flexibility index (Phi) is 0.906. The average molecular weight is 132 g/mol. The van der Waals surface area contributed by atoms with Gasteiger partial charge in [0.15, 0.2) is 0 Å². The maximum absolute atomic E-state index is 5.36. The van der Waals surface area contributed by atoms with Gasteiger partial charge in [-0.3, -0.25) is 5.10 Å². The Hall–Kier alpha value is -1.23. The molecule has 0 amide bonds. The first-order chi connectivity index (χ1) is 4.87. The molecule has 0 radical (unpaired) electrons. The van der Waals surface area contributed by atoms with Crippen molar-refractivity contribution in [3.8, 4) is 12.3 Å². The zero-order valence-corrected chi connectivity index (χ0v) is 5.59. The Balaban J connectivity index is 2.38. The fourth-order valence-electron chi connectivity index (χ4n) is 1.14. The third-order valence-corrected chi connectivity index (χ3v) is 2.04. The lowest BCUT2D eigenvalue weighted by atomic mass is 10.1. The predicted octanol–water partition coefficient (Wildman–Crippen LogP) is 1.07. The lowest BCUT2D eigenvalue weighted by Crippen LogP contribution is -2.02. The van der Waals surface area contributed by atoms with Crippen molar-refractivity contribution < 1.29 is 0 Å². The molecule has 2 nitrogen and oxygen atoms in total. The molecule has 1 saturated carbocycles. The fourth-order valence-corrected chi connectivity index (χ4v) is 1.14. The number of nitrogens with zero attached hydrogens (tertiary/aromatic N) is 1. The Morgan fingerprint density at radius 3 is 2.90 bits per heavy atom. The van der Waals surface area contributed by atoms with Crippen molar-refractivity contribution in [2.24, 2.45) is 0 Å². The Morgan fingerprint density at radius 1 is 1.70 bits per heavy atom. The molecular formula is C8H8N2. The van der Waals surface area contributed by atoms with Crippen molar-refractivity contribution in [3.63, 3.8) is 0 Å². The highest BCUT2D eigenvalue weighted by Gasteiger charge is 2.43. The SMILES string of the molecule is C#CC1(c2ccn[nH]2)CC1. The number of hydrogen-bond donors (Lipinski definition) is 1. The van der Waals surface area contributed by atoms with Crippen LogP contribution in [-0.4, -0.2) is 10.2 Å². The summed E-state index contributed by atoms with van der Waals surface area (Å²) >= 11 is 0. The van der Waals surface area contributed by atoms with Gasteiger partial charge < -0.3 is 0 Å². The minimum atomic E-state index is 0.0243. The summed E-state index contributed by atoms with van der Waals surface area (Å²) in [4.78, 5) is 0. The number of rotatable bonds is 1. The molecule has 0 saturated heterocycles. The van der Waals surface area contributed by atoms with Gasteiger partial charge in [0.05, 0.1) is 11.1 Å². The average Bonchev–Trinajstić information content (AvgIpc) is 2.58. The quantitative estimate of drug-likeness (QED) is 0.569. The van der Waals surface area contributed by atoms with Crippen LogP contribution < -0.4 is 0 Å². The molecule has 0 unspecified atom stereocenters. The van der Waals surface area contributed by atoms with Gasteiger partial charge in [-0.2, -0.15) is 5.10 Å². The lowest BCUT2D eigenvalue weighted by Gasteiger charge is -2.00. The third-order valence-electron chi connectivity index (χ3n) is 2.04. The second-order valence-corrected chi connectivity index (χ2v) is 2.70. The van der Waals surface area contributed by atoms with Crippen LogP contribution in [0.3, 0.4) is 0 Å². The van der Waals surface area contributed by atoms with Gasteiger partial charge in [0.2, 0.25) is 0 Å². The minimum absolute atomic E-state index is 0.0243. The highest BCUT2D eigenvalue weighted by Crippen LogP contribution is 2.46. The molecule has 2 heteroatoms. The van der Waals surface area contributed by atoms with Gasteiger partial charge in [-0.15, -0.1) is 6.42 Å². The van der Waals surface area contributed by atoms with Gasteiger partial charge in [0, 0.05) is 6.20 Å². The molecule has 1 aliphatic rings. The normalized spacial score (nSPS) is 19.9. The van der Waals surface area contributed by atoms with Gasteiger partial charge in [-0.05, 0) is 18.9 Å². The molecule has 0 spiro atoms. The van der Waals surface area contributed by atoms with Gasteiger partial charge in [-0.1, -0.05) is 5.92 Å². The molecule has 1 aromatic rings. The zero-order valence-electron chi connectivity index (χ0n) is 5.59. The van der Waals surface area contributed by atoms with E-state index in [0.717, 1.165) is 18.5 Å². The van der Waals surface area contributed by atoms with Crippen LogP contribution in [0.5, 0.6) is 0 Å². The van der Waals surface area contributed by atoms with Crippen molar-refractivity contribution >= 4 is 0 Å². The summed E-state index contributed by atoms with van der Waals surface area (Å²) in [6.07, 6.45) is 9.31. The molecule has 1 aromatic heterocycles. The van der Waals surface area contributed by atoms with Crippen LogP contribution in [0.1, 0.15) is 18.5 Å². The molecule has 0 aliphatic heterocycles. The summed E-state index contributed by atoms with van der Waals surface area (Å²) in [7, 11) is 0. The van der Waals surface area contributed by atoms with Gasteiger partial charge in [0.1, 0.15) is 0 Å². The van der Waals surface area contributed by atoms with Gasteiger partial charge in [0.25, 0.3) is 0 Å². The molecule has 0 bridgehead atoms. The number of terminal acetylenes is 1. The van der Waals surface area contributed by atoms with Crippen molar-refractivity contribution in [2.75, 3.05) is 0 Å². The lowest BCUT2D eigenvalue weighted by molar-refractivity contribution is 0.851. The Labute approximate surface area is 59.6 Å². The first-order valence-corrected chi connectivity index (χ1v) is 3.35. The molecule has 50 valence electrons. The molecule has 1 heterocycles. The largest absolute Gasteiger partial charge is 0.281 e. The number of H-pyrrole nitrogens is 1. The van der Waals surface area contributed by atoms with Crippen LogP contribution in [0.2, 0.25) is 0 Å². The van der Waals surface area contributed by atoms with Gasteiger partial charge >= 0.3 is 0 Å². The summed E-state index contributed by atoms with van der Waals surface area (Å²) in [5, 5.41) is 6.75. The molecule has 0 atom stereocenters. The van der Waals surface area contributed by atoms with Crippen molar-refractivity contribution in [3.05, 3.63) is 18.0 Å². The highest BCUT2D eigenvalue weighted by molar-refractivity contribution is 5.35. The first kappa shape index (κ1) is 5.55. The van der Waals surface area contributed by atoms with Crippen LogP contribution in [0.25, 0.3) is 0 Å². The number of hydrogen-bond acceptors (Lipinski definition) is 1.